The van der Waals surface area contributed by atoms with Crippen LogP contribution in [-0.2, 0) is 0 Å². The lowest BCUT2D eigenvalue weighted by molar-refractivity contribution is 0.257. The summed E-state index contributed by atoms with van der Waals surface area (Å²) in [7, 11) is 0. The Balaban J connectivity index is 2.37. The molecule has 14 heavy (non-hydrogen) atoms. The molecule has 0 aliphatic heterocycles. The van der Waals surface area contributed by atoms with E-state index in [1.54, 1.807) is 0 Å². The Morgan fingerprint density at radius 1 is 1.36 bits per heavy atom. The molecule has 2 aromatic rings. The van der Waals surface area contributed by atoms with Crippen LogP contribution >= 0.6 is 0 Å². The van der Waals surface area contributed by atoms with Gasteiger partial charge in [0.05, 0.1) is 6.61 Å². The minimum atomic E-state index is 0.429. The van der Waals surface area contributed by atoms with Crippen LogP contribution in [0.15, 0.2) is 34.7 Å². The number of aromatic nitrogens is 1. The summed E-state index contributed by atoms with van der Waals surface area (Å²) in [5, 5.41) is 0. The van der Waals surface area contributed by atoms with Gasteiger partial charge in [0.15, 0.2) is 5.69 Å². The van der Waals surface area contributed by atoms with Gasteiger partial charge in [-0.1, -0.05) is 30.3 Å². The molecule has 3 heteroatoms. The molecule has 0 aliphatic carbocycles. The molecule has 1 aromatic heterocycles. The summed E-state index contributed by atoms with van der Waals surface area (Å²) in [6.07, 6.45) is 2.43. The highest BCUT2D eigenvalue weighted by atomic mass is 16.6. The van der Waals surface area contributed by atoms with Crippen molar-refractivity contribution in [2.24, 2.45) is 0 Å². The molecule has 0 bridgehead atoms. The maximum Gasteiger partial charge on any atom is 0.314 e. The van der Waals surface area contributed by atoms with Crippen molar-refractivity contribution in [2.45, 2.75) is 6.92 Å². The number of hydrogen-bond acceptors (Lipinski definition) is 3. The quantitative estimate of drug-likeness (QED) is 0.742. The van der Waals surface area contributed by atoms with Crippen molar-refractivity contribution in [2.75, 3.05) is 6.61 Å². The zero-order valence-electron chi connectivity index (χ0n) is 7.86. The first-order valence-corrected chi connectivity index (χ1v) is 4.47. The predicted octanol–water partition coefficient (Wildman–Crippen LogP) is 2.54. The number of hydrogen-bond donors (Lipinski definition) is 0. The second kappa shape index (κ2) is 3.96. The third kappa shape index (κ3) is 1.62. The summed E-state index contributed by atoms with van der Waals surface area (Å²) in [5.41, 5.74) is 1.67. The Morgan fingerprint density at radius 3 is 2.86 bits per heavy atom. The van der Waals surface area contributed by atoms with Gasteiger partial charge < -0.3 is 9.15 Å². The molecule has 0 spiro atoms. The smallest absolute Gasteiger partial charge is 0.314 e. The van der Waals surface area contributed by atoms with Crippen molar-refractivity contribution in [1.29, 1.82) is 0 Å². The highest BCUT2D eigenvalue weighted by Gasteiger charge is 2.10. The van der Waals surface area contributed by atoms with Crippen molar-refractivity contribution in [3.05, 3.63) is 36.7 Å². The Labute approximate surface area is 82.3 Å². The maximum absolute atomic E-state index is 5.27. The Morgan fingerprint density at radius 2 is 2.14 bits per heavy atom. The SMILES string of the molecule is CCOc1o[c]nc1-c1ccccc1. The molecule has 0 saturated heterocycles. The van der Waals surface area contributed by atoms with E-state index >= 15 is 0 Å². The molecule has 2 rings (SSSR count). The Hall–Kier alpha value is -1.77. The number of oxazole rings is 1. The standard InChI is InChI=1S/C11H10NO2/c1-2-13-11-10(12-8-14-11)9-6-4-3-5-7-9/h3-7H,2H2,1H3. The second-order valence-corrected chi connectivity index (χ2v) is 2.74. The molecule has 0 atom stereocenters. The molecule has 0 N–H and O–H groups in total. The zero-order chi connectivity index (χ0) is 9.80. The second-order valence-electron chi connectivity index (χ2n) is 2.74. The fourth-order valence-electron chi connectivity index (χ4n) is 1.21. The fraction of sp³-hybridized carbons (Fsp3) is 0.182. The normalized spacial score (nSPS) is 10.1. The summed E-state index contributed by atoms with van der Waals surface area (Å²) >= 11 is 0. The number of rotatable bonds is 3. The zero-order valence-corrected chi connectivity index (χ0v) is 7.86. The van der Waals surface area contributed by atoms with Crippen LogP contribution in [0.2, 0.25) is 0 Å². The largest absolute Gasteiger partial charge is 0.464 e. The van der Waals surface area contributed by atoms with Gasteiger partial charge >= 0.3 is 5.95 Å². The van der Waals surface area contributed by atoms with Crippen molar-refractivity contribution >= 4 is 0 Å². The van der Waals surface area contributed by atoms with Gasteiger partial charge in [-0.25, -0.2) is 4.98 Å². The molecule has 71 valence electrons. The first kappa shape index (κ1) is 8.81. The first-order valence-electron chi connectivity index (χ1n) is 4.47. The number of benzene rings is 1. The average molecular weight is 188 g/mol. The van der Waals surface area contributed by atoms with Gasteiger partial charge in [-0.05, 0) is 6.92 Å². The van der Waals surface area contributed by atoms with Gasteiger partial charge in [0.2, 0.25) is 0 Å². The van der Waals surface area contributed by atoms with Gasteiger partial charge in [0.25, 0.3) is 6.39 Å². The van der Waals surface area contributed by atoms with Gasteiger partial charge in [0.1, 0.15) is 0 Å². The Bertz CT molecular complexity index is 395. The van der Waals surface area contributed by atoms with E-state index in [1.807, 2.05) is 37.3 Å². The van der Waals surface area contributed by atoms with Crippen LogP contribution < -0.4 is 4.74 Å². The fourth-order valence-corrected chi connectivity index (χ4v) is 1.21. The van der Waals surface area contributed by atoms with Crippen molar-refractivity contribution in [3.8, 4) is 17.2 Å². The van der Waals surface area contributed by atoms with Crippen LogP contribution in [0, 0.1) is 6.39 Å². The van der Waals surface area contributed by atoms with Crippen LogP contribution in [0.4, 0.5) is 0 Å². The monoisotopic (exact) mass is 188 g/mol. The maximum atomic E-state index is 5.27. The number of ether oxygens (including phenoxy) is 1. The molecular weight excluding hydrogens is 178 g/mol. The summed E-state index contributed by atoms with van der Waals surface area (Å²) < 4.78 is 10.3. The summed E-state index contributed by atoms with van der Waals surface area (Å²) in [6, 6.07) is 9.75. The van der Waals surface area contributed by atoms with Crippen LogP contribution in [0.3, 0.4) is 0 Å². The molecule has 0 saturated carbocycles. The molecule has 0 fully saturated rings. The van der Waals surface area contributed by atoms with E-state index in [0.717, 1.165) is 5.56 Å². The minimum Gasteiger partial charge on any atom is -0.464 e. The van der Waals surface area contributed by atoms with Gasteiger partial charge in [-0.3, -0.25) is 0 Å². The molecule has 1 radical (unpaired) electrons. The van der Waals surface area contributed by atoms with E-state index in [0.29, 0.717) is 18.2 Å². The van der Waals surface area contributed by atoms with Gasteiger partial charge in [-0.15, -0.1) is 0 Å². The van der Waals surface area contributed by atoms with Crippen LogP contribution in [0.5, 0.6) is 5.95 Å². The molecule has 3 nitrogen and oxygen atoms in total. The minimum absolute atomic E-state index is 0.429. The average Bonchev–Trinajstić information content (AvgIpc) is 2.68. The van der Waals surface area contributed by atoms with E-state index in [-0.39, 0.29) is 0 Å². The lowest BCUT2D eigenvalue weighted by Crippen LogP contribution is -1.91. The highest BCUT2D eigenvalue weighted by Crippen LogP contribution is 2.27. The van der Waals surface area contributed by atoms with E-state index in [1.165, 1.54) is 0 Å². The highest BCUT2D eigenvalue weighted by molar-refractivity contribution is 5.62. The molecule has 0 aliphatic rings. The summed E-state index contributed by atoms with van der Waals surface area (Å²) in [4.78, 5) is 3.99. The van der Waals surface area contributed by atoms with Crippen LogP contribution in [-0.4, -0.2) is 11.6 Å². The molecule has 0 unspecified atom stereocenters. The van der Waals surface area contributed by atoms with Gasteiger partial charge in [-0.2, -0.15) is 0 Å². The Kier molecular flexibility index (Phi) is 2.49. The van der Waals surface area contributed by atoms with Crippen molar-refractivity contribution in [3.63, 3.8) is 0 Å². The topological polar surface area (TPSA) is 35.3 Å². The molecular formula is C11H10NO2. The first-order chi connectivity index (χ1) is 6.92. The molecule has 0 amide bonds. The van der Waals surface area contributed by atoms with Gasteiger partial charge in [0, 0.05) is 5.56 Å². The van der Waals surface area contributed by atoms with E-state index < -0.39 is 0 Å². The third-order valence-corrected chi connectivity index (χ3v) is 1.81. The van der Waals surface area contributed by atoms with E-state index in [4.69, 9.17) is 9.15 Å². The predicted molar refractivity (Wildman–Crippen MR) is 51.9 cm³/mol. The molecule has 1 heterocycles. The van der Waals surface area contributed by atoms with E-state index in [2.05, 4.69) is 11.4 Å². The van der Waals surface area contributed by atoms with E-state index in [9.17, 15) is 0 Å². The summed E-state index contributed by atoms with van der Waals surface area (Å²) in [5.74, 6) is 0.429. The van der Waals surface area contributed by atoms with Crippen molar-refractivity contribution in [1.82, 2.24) is 4.98 Å². The van der Waals surface area contributed by atoms with Crippen LogP contribution in [0.25, 0.3) is 11.3 Å². The van der Waals surface area contributed by atoms with Crippen molar-refractivity contribution < 1.29 is 9.15 Å². The van der Waals surface area contributed by atoms with Crippen LogP contribution in [0.1, 0.15) is 6.92 Å². The third-order valence-electron chi connectivity index (χ3n) is 1.81. The lowest BCUT2D eigenvalue weighted by atomic mass is 10.2. The number of nitrogens with zero attached hydrogens (tertiary/aromatic N) is 1. The summed E-state index contributed by atoms with van der Waals surface area (Å²) in [6.45, 7) is 2.46. The molecule has 1 aromatic carbocycles. The lowest BCUT2D eigenvalue weighted by Gasteiger charge is -2.00.